The Morgan fingerprint density at radius 1 is 1.38 bits per heavy atom. The molecule has 1 heterocycles. The zero-order chi connectivity index (χ0) is 15.4. The smallest absolute Gasteiger partial charge is 0.409 e. The van der Waals surface area contributed by atoms with Gasteiger partial charge in [-0.25, -0.2) is 4.79 Å². The number of halogens is 1. The Morgan fingerprint density at radius 3 is 2.57 bits per heavy atom. The molecule has 0 aromatic heterocycles. The van der Waals surface area contributed by atoms with Gasteiger partial charge < -0.3 is 20.3 Å². The number of rotatable bonds is 3. The van der Waals surface area contributed by atoms with Crippen LogP contribution in [0, 0.1) is 0 Å². The quantitative estimate of drug-likeness (QED) is 0.905. The van der Waals surface area contributed by atoms with Crippen LogP contribution in [-0.2, 0) is 4.74 Å². The fourth-order valence-corrected chi connectivity index (χ4v) is 3.05. The van der Waals surface area contributed by atoms with E-state index in [0.29, 0.717) is 19.7 Å². The summed E-state index contributed by atoms with van der Waals surface area (Å²) in [6, 6.07) is 6.24. The minimum absolute atomic E-state index is 0.0241. The molecule has 1 amide bonds. The lowest BCUT2D eigenvalue weighted by atomic mass is 10.1. The molecule has 5 nitrogen and oxygen atoms in total. The number of amides is 1. The van der Waals surface area contributed by atoms with E-state index in [2.05, 4.69) is 39.0 Å². The van der Waals surface area contributed by atoms with Crippen LogP contribution in [0.1, 0.15) is 25.5 Å². The maximum atomic E-state index is 11.7. The summed E-state index contributed by atoms with van der Waals surface area (Å²) >= 11 is 3.62. The van der Waals surface area contributed by atoms with Crippen molar-refractivity contribution in [2.45, 2.75) is 19.9 Å². The van der Waals surface area contributed by atoms with Gasteiger partial charge in [0.15, 0.2) is 0 Å². The van der Waals surface area contributed by atoms with Crippen molar-refractivity contribution in [2.75, 3.05) is 37.7 Å². The molecule has 0 unspecified atom stereocenters. The second-order valence-electron chi connectivity index (χ2n) is 5.17. The maximum Gasteiger partial charge on any atom is 0.409 e. The fourth-order valence-electron chi connectivity index (χ4n) is 2.41. The molecule has 0 saturated carbocycles. The highest BCUT2D eigenvalue weighted by atomic mass is 79.9. The van der Waals surface area contributed by atoms with E-state index in [0.717, 1.165) is 28.8 Å². The Kier molecular flexibility index (Phi) is 5.47. The molecule has 1 aromatic rings. The van der Waals surface area contributed by atoms with Crippen molar-refractivity contribution in [1.82, 2.24) is 4.90 Å². The first-order valence-corrected chi connectivity index (χ1v) is 8.04. The maximum absolute atomic E-state index is 11.7. The average Bonchev–Trinajstić information content (AvgIpc) is 2.47. The van der Waals surface area contributed by atoms with Gasteiger partial charge in [-0.1, -0.05) is 6.07 Å². The van der Waals surface area contributed by atoms with Crippen molar-refractivity contribution in [3.63, 3.8) is 0 Å². The van der Waals surface area contributed by atoms with Gasteiger partial charge >= 0.3 is 6.09 Å². The minimum Gasteiger partial charge on any atom is -0.450 e. The van der Waals surface area contributed by atoms with Crippen molar-refractivity contribution in [3.8, 4) is 0 Å². The predicted octanol–water partition coefficient (Wildman–Crippen LogP) is 2.75. The average molecular weight is 356 g/mol. The first-order valence-electron chi connectivity index (χ1n) is 7.24. The molecule has 21 heavy (non-hydrogen) atoms. The van der Waals surface area contributed by atoms with Crippen molar-refractivity contribution >= 4 is 27.7 Å². The van der Waals surface area contributed by atoms with E-state index in [1.165, 1.54) is 0 Å². The van der Waals surface area contributed by atoms with Gasteiger partial charge in [0, 0.05) is 36.7 Å². The van der Waals surface area contributed by atoms with Gasteiger partial charge in [0.25, 0.3) is 0 Å². The summed E-state index contributed by atoms with van der Waals surface area (Å²) in [4.78, 5) is 15.7. The van der Waals surface area contributed by atoms with Gasteiger partial charge in [-0.2, -0.15) is 0 Å². The van der Waals surface area contributed by atoms with E-state index in [9.17, 15) is 4.79 Å². The summed E-state index contributed by atoms with van der Waals surface area (Å²) < 4.78 is 6.08. The summed E-state index contributed by atoms with van der Waals surface area (Å²) in [6.45, 7) is 7.18. The van der Waals surface area contributed by atoms with Crippen molar-refractivity contribution < 1.29 is 9.53 Å². The molecular formula is C15H22BrN3O2. The van der Waals surface area contributed by atoms with E-state index in [1.54, 1.807) is 4.90 Å². The summed E-state index contributed by atoms with van der Waals surface area (Å²) in [7, 11) is 0. The van der Waals surface area contributed by atoms with E-state index >= 15 is 0 Å². The third-order valence-electron chi connectivity index (χ3n) is 3.64. The molecule has 1 aliphatic rings. The summed E-state index contributed by atoms with van der Waals surface area (Å²) in [5, 5.41) is 0. The highest BCUT2D eigenvalue weighted by Crippen LogP contribution is 2.29. The first kappa shape index (κ1) is 16.1. The Hall–Kier alpha value is -1.27. The lowest BCUT2D eigenvalue weighted by Gasteiger charge is -2.36. The molecule has 6 heteroatoms. The highest BCUT2D eigenvalue weighted by molar-refractivity contribution is 9.10. The first-order chi connectivity index (χ1) is 10.0. The molecule has 2 rings (SSSR count). The van der Waals surface area contributed by atoms with Gasteiger partial charge in [0.2, 0.25) is 0 Å². The van der Waals surface area contributed by atoms with Crippen molar-refractivity contribution in [3.05, 3.63) is 28.2 Å². The van der Waals surface area contributed by atoms with Crippen molar-refractivity contribution in [1.29, 1.82) is 0 Å². The van der Waals surface area contributed by atoms with Gasteiger partial charge in [0.1, 0.15) is 0 Å². The van der Waals surface area contributed by atoms with Crippen LogP contribution in [0.3, 0.4) is 0 Å². The number of carbonyl (C=O) groups is 1. The molecule has 1 aromatic carbocycles. The number of piperazine rings is 1. The van der Waals surface area contributed by atoms with Gasteiger partial charge in [-0.15, -0.1) is 0 Å². The van der Waals surface area contributed by atoms with Crippen molar-refractivity contribution in [2.24, 2.45) is 5.73 Å². The van der Waals surface area contributed by atoms with E-state index in [1.807, 2.05) is 13.8 Å². The van der Waals surface area contributed by atoms with Gasteiger partial charge in [0.05, 0.1) is 12.3 Å². The Labute approximate surface area is 134 Å². The monoisotopic (exact) mass is 355 g/mol. The highest BCUT2D eigenvalue weighted by Gasteiger charge is 2.23. The number of nitrogens with zero attached hydrogens (tertiary/aromatic N) is 2. The molecule has 0 radical (unpaired) electrons. The Balaban J connectivity index is 2.01. The fraction of sp³-hybridized carbons (Fsp3) is 0.533. The molecule has 1 atom stereocenters. The second kappa shape index (κ2) is 7.13. The molecule has 116 valence electrons. The van der Waals surface area contributed by atoms with Gasteiger partial charge in [-0.05, 0) is 47.5 Å². The van der Waals surface area contributed by atoms with E-state index in [-0.39, 0.29) is 12.1 Å². The van der Waals surface area contributed by atoms with Crippen LogP contribution in [0.5, 0.6) is 0 Å². The van der Waals surface area contributed by atoms with Gasteiger partial charge in [-0.3, -0.25) is 0 Å². The summed E-state index contributed by atoms with van der Waals surface area (Å²) in [5.41, 5.74) is 8.15. The third kappa shape index (κ3) is 3.89. The van der Waals surface area contributed by atoms with E-state index in [4.69, 9.17) is 10.5 Å². The molecule has 2 N–H and O–H groups in total. The van der Waals surface area contributed by atoms with Crippen LogP contribution in [0.4, 0.5) is 10.5 Å². The van der Waals surface area contributed by atoms with Crippen LogP contribution < -0.4 is 10.6 Å². The lowest BCUT2D eigenvalue weighted by Crippen LogP contribution is -2.49. The number of nitrogens with two attached hydrogens (primary N) is 1. The molecular weight excluding hydrogens is 334 g/mol. The number of carbonyl (C=O) groups excluding carboxylic acids is 1. The molecule has 1 fully saturated rings. The number of ether oxygens (including phenoxy) is 1. The van der Waals surface area contributed by atoms with Crippen LogP contribution in [-0.4, -0.2) is 43.8 Å². The topological polar surface area (TPSA) is 58.8 Å². The number of hydrogen-bond acceptors (Lipinski definition) is 4. The summed E-state index contributed by atoms with van der Waals surface area (Å²) in [5.74, 6) is 0. The third-order valence-corrected chi connectivity index (χ3v) is 4.28. The number of benzene rings is 1. The molecule has 1 saturated heterocycles. The molecule has 0 aliphatic carbocycles. The minimum atomic E-state index is -0.219. The zero-order valence-corrected chi connectivity index (χ0v) is 14.1. The Morgan fingerprint density at radius 2 is 2.05 bits per heavy atom. The largest absolute Gasteiger partial charge is 0.450 e. The second-order valence-corrected chi connectivity index (χ2v) is 6.03. The Bertz CT molecular complexity index is 500. The van der Waals surface area contributed by atoms with Crippen LogP contribution in [0.15, 0.2) is 22.7 Å². The van der Waals surface area contributed by atoms with Crippen LogP contribution in [0.25, 0.3) is 0 Å². The molecule has 0 bridgehead atoms. The van der Waals surface area contributed by atoms with Crippen LogP contribution >= 0.6 is 15.9 Å². The van der Waals surface area contributed by atoms with Crippen LogP contribution in [0.2, 0.25) is 0 Å². The SMILES string of the molecule is CCOC(=O)N1CCN(c2ccc([C@H](C)N)cc2Br)CC1. The zero-order valence-electron chi connectivity index (χ0n) is 12.5. The molecule has 0 spiro atoms. The number of anilines is 1. The standard InChI is InChI=1S/C15H22BrN3O2/c1-3-21-15(20)19-8-6-18(7-9-19)14-5-4-12(11(2)17)10-13(14)16/h4-5,10-11H,3,6-9,17H2,1-2H3/t11-/m0/s1. The summed E-state index contributed by atoms with van der Waals surface area (Å²) in [6.07, 6.45) is -0.219. The van der Waals surface area contributed by atoms with E-state index < -0.39 is 0 Å². The predicted molar refractivity (Wildman–Crippen MR) is 87.6 cm³/mol. The normalized spacial score (nSPS) is 16.8. The number of hydrogen-bond donors (Lipinski definition) is 1. The lowest BCUT2D eigenvalue weighted by molar-refractivity contribution is 0.105. The molecule has 1 aliphatic heterocycles.